The maximum atomic E-state index is 13.1. The van der Waals surface area contributed by atoms with E-state index in [9.17, 15) is 14.7 Å². The van der Waals surface area contributed by atoms with Crippen LogP contribution in [0.25, 0.3) is 0 Å². The van der Waals surface area contributed by atoms with Gasteiger partial charge in [-0.15, -0.1) is 0 Å². The Hall–Kier alpha value is -2.08. The SMILES string of the molecule is C[Si](C)(C)OC1=CC2C[C@H](C(=O)O)N(Cc3ccccc3)C(=O)C2CC1. The van der Waals surface area contributed by atoms with Gasteiger partial charge >= 0.3 is 5.97 Å². The van der Waals surface area contributed by atoms with Crippen LogP contribution in [-0.2, 0) is 20.6 Å². The standard InChI is InChI=1S/C20H27NO4Si/c1-26(2,3)25-16-9-10-17-15(11-16)12-18(20(23)24)21(19(17)22)13-14-7-5-4-6-8-14/h4-8,11,15,17-18H,9-10,12-13H2,1-3H3,(H,23,24)/t15?,17?,18-/m1/s1. The molecule has 1 fully saturated rings. The van der Waals surface area contributed by atoms with Crippen molar-refractivity contribution in [1.82, 2.24) is 4.90 Å². The number of amides is 1. The highest BCUT2D eigenvalue weighted by Gasteiger charge is 2.45. The Bertz CT molecular complexity index is 710. The molecular weight excluding hydrogens is 346 g/mol. The summed E-state index contributed by atoms with van der Waals surface area (Å²) >= 11 is 0. The molecule has 0 aromatic heterocycles. The maximum absolute atomic E-state index is 13.1. The first-order chi connectivity index (χ1) is 12.2. The summed E-state index contributed by atoms with van der Waals surface area (Å²) in [6.45, 7) is 6.75. The number of allylic oxidation sites excluding steroid dienone is 2. The average Bonchev–Trinajstić information content (AvgIpc) is 2.56. The zero-order valence-corrected chi connectivity index (χ0v) is 16.6. The van der Waals surface area contributed by atoms with Crippen LogP contribution >= 0.6 is 0 Å². The second-order valence-corrected chi connectivity index (χ2v) is 12.6. The Morgan fingerprint density at radius 1 is 1.27 bits per heavy atom. The van der Waals surface area contributed by atoms with Crippen LogP contribution in [0.5, 0.6) is 0 Å². The van der Waals surface area contributed by atoms with Crippen LogP contribution in [0.3, 0.4) is 0 Å². The van der Waals surface area contributed by atoms with E-state index in [1.165, 1.54) is 0 Å². The van der Waals surface area contributed by atoms with Gasteiger partial charge in [0.05, 0.1) is 5.76 Å². The number of rotatable bonds is 5. The van der Waals surface area contributed by atoms with E-state index >= 15 is 0 Å². The maximum Gasteiger partial charge on any atom is 0.326 e. The molecular formula is C20H27NO4Si. The minimum Gasteiger partial charge on any atom is -0.548 e. The minimum atomic E-state index is -1.70. The van der Waals surface area contributed by atoms with Gasteiger partial charge in [-0.2, -0.15) is 0 Å². The van der Waals surface area contributed by atoms with Crippen LogP contribution in [-0.4, -0.2) is 36.2 Å². The monoisotopic (exact) mass is 373 g/mol. The van der Waals surface area contributed by atoms with Gasteiger partial charge in [-0.1, -0.05) is 30.3 Å². The molecule has 1 aliphatic heterocycles. The molecule has 1 amide bonds. The largest absolute Gasteiger partial charge is 0.548 e. The molecule has 26 heavy (non-hydrogen) atoms. The first-order valence-corrected chi connectivity index (χ1v) is 12.6. The molecule has 1 N–H and O–H groups in total. The Labute approximate surface area is 155 Å². The van der Waals surface area contributed by atoms with Crippen LogP contribution in [0.1, 0.15) is 24.8 Å². The van der Waals surface area contributed by atoms with Gasteiger partial charge in [0.2, 0.25) is 14.2 Å². The summed E-state index contributed by atoms with van der Waals surface area (Å²) in [5.74, 6) is -0.210. The first-order valence-electron chi connectivity index (χ1n) is 9.21. The van der Waals surface area contributed by atoms with Crippen LogP contribution < -0.4 is 0 Å². The predicted octanol–water partition coefficient (Wildman–Crippen LogP) is 3.63. The summed E-state index contributed by atoms with van der Waals surface area (Å²) < 4.78 is 6.11. The summed E-state index contributed by atoms with van der Waals surface area (Å²) in [5, 5.41) is 9.71. The van der Waals surface area contributed by atoms with Crippen LogP contribution in [0.2, 0.25) is 19.6 Å². The number of aliphatic carboxylic acids is 1. The number of carboxylic acid groups (broad SMARTS) is 1. The molecule has 5 nitrogen and oxygen atoms in total. The van der Waals surface area contributed by atoms with Crippen molar-refractivity contribution >= 4 is 20.2 Å². The quantitative estimate of drug-likeness (QED) is 0.800. The Kier molecular flexibility index (Phi) is 5.23. The number of nitrogens with zero attached hydrogens (tertiary/aromatic N) is 1. The fourth-order valence-corrected chi connectivity index (χ4v) is 4.88. The smallest absolute Gasteiger partial charge is 0.326 e. The third kappa shape index (κ3) is 4.18. The molecule has 6 heteroatoms. The number of hydrogen-bond donors (Lipinski definition) is 1. The topological polar surface area (TPSA) is 66.8 Å². The van der Waals surface area contributed by atoms with Gasteiger partial charge in [0.25, 0.3) is 0 Å². The summed E-state index contributed by atoms with van der Waals surface area (Å²) in [4.78, 5) is 26.5. The number of benzene rings is 1. The summed E-state index contributed by atoms with van der Waals surface area (Å²) in [7, 11) is -1.70. The third-order valence-electron chi connectivity index (χ3n) is 5.01. The fraction of sp³-hybridized carbons (Fsp3) is 0.500. The van der Waals surface area contributed by atoms with Crippen molar-refractivity contribution in [3.8, 4) is 0 Å². The molecule has 1 heterocycles. The number of carboxylic acids is 1. The van der Waals surface area contributed by atoms with Crippen molar-refractivity contribution in [1.29, 1.82) is 0 Å². The van der Waals surface area contributed by atoms with Crippen molar-refractivity contribution < 1.29 is 19.1 Å². The number of fused-ring (bicyclic) bond motifs is 1. The molecule has 1 aliphatic carbocycles. The van der Waals surface area contributed by atoms with E-state index < -0.39 is 20.3 Å². The average molecular weight is 374 g/mol. The van der Waals surface area contributed by atoms with E-state index in [0.29, 0.717) is 13.0 Å². The second kappa shape index (κ2) is 7.27. The summed E-state index contributed by atoms with van der Waals surface area (Å²) in [6.07, 6.45) is 3.97. The zero-order chi connectivity index (χ0) is 18.9. The van der Waals surface area contributed by atoms with E-state index in [1.807, 2.05) is 36.4 Å². The Morgan fingerprint density at radius 2 is 1.96 bits per heavy atom. The van der Waals surface area contributed by atoms with Crippen molar-refractivity contribution in [2.75, 3.05) is 0 Å². The van der Waals surface area contributed by atoms with Crippen LogP contribution in [0.4, 0.5) is 0 Å². The molecule has 0 radical (unpaired) electrons. The molecule has 0 spiro atoms. The van der Waals surface area contributed by atoms with E-state index in [1.54, 1.807) is 4.90 Å². The molecule has 0 bridgehead atoms. The highest BCUT2D eigenvalue weighted by Crippen LogP contribution is 2.39. The fourth-order valence-electron chi connectivity index (χ4n) is 3.92. The lowest BCUT2D eigenvalue weighted by Crippen LogP contribution is -2.54. The molecule has 1 aromatic rings. The summed E-state index contributed by atoms with van der Waals surface area (Å²) in [5.41, 5.74) is 0.958. The van der Waals surface area contributed by atoms with Gasteiger partial charge < -0.3 is 14.4 Å². The lowest BCUT2D eigenvalue weighted by Gasteiger charge is -2.43. The number of carbonyl (C=O) groups excluding carboxylic acids is 1. The summed E-state index contributed by atoms with van der Waals surface area (Å²) in [6, 6.07) is 8.81. The van der Waals surface area contributed by atoms with Crippen molar-refractivity contribution in [2.45, 2.75) is 51.5 Å². The zero-order valence-electron chi connectivity index (χ0n) is 15.6. The highest BCUT2D eigenvalue weighted by atomic mass is 28.4. The molecule has 1 aromatic carbocycles. The van der Waals surface area contributed by atoms with Gasteiger partial charge in [-0.3, -0.25) is 4.79 Å². The Balaban J connectivity index is 1.82. The highest BCUT2D eigenvalue weighted by molar-refractivity contribution is 6.70. The van der Waals surface area contributed by atoms with E-state index in [0.717, 1.165) is 24.2 Å². The molecule has 140 valence electrons. The van der Waals surface area contributed by atoms with E-state index in [2.05, 4.69) is 19.6 Å². The van der Waals surface area contributed by atoms with Crippen molar-refractivity contribution in [3.05, 3.63) is 47.7 Å². The molecule has 2 aliphatic rings. The number of piperidine rings is 1. The van der Waals surface area contributed by atoms with Gasteiger partial charge in [-0.25, -0.2) is 4.79 Å². The molecule has 3 atom stereocenters. The number of likely N-dealkylation sites (tertiary alicyclic amines) is 1. The lowest BCUT2D eigenvalue weighted by atomic mass is 9.75. The molecule has 2 unspecified atom stereocenters. The van der Waals surface area contributed by atoms with E-state index in [-0.39, 0.29) is 17.7 Å². The third-order valence-corrected chi connectivity index (χ3v) is 5.88. The van der Waals surface area contributed by atoms with Gasteiger partial charge in [0.15, 0.2) is 0 Å². The first kappa shape index (κ1) is 18.7. The van der Waals surface area contributed by atoms with Crippen molar-refractivity contribution in [3.63, 3.8) is 0 Å². The second-order valence-electron chi connectivity index (χ2n) is 8.20. The number of carbonyl (C=O) groups is 2. The predicted molar refractivity (Wildman–Crippen MR) is 102 cm³/mol. The minimum absolute atomic E-state index is 0.0409. The van der Waals surface area contributed by atoms with Gasteiger partial charge in [0.1, 0.15) is 6.04 Å². The Morgan fingerprint density at radius 3 is 2.58 bits per heavy atom. The van der Waals surface area contributed by atoms with Crippen LogP contribution in [0.15, 0.2) is 42.2 Å². The molecule has 0 saturated carbocycles. The normalized spacial score (nSPS) is 26.1. The van der Waals surface area contributed by atoms with Crippen molar-refractivity contribution in [2.24, 2.45) is 11.8 Å². The van der Waals surface area contributed by atoms with Crippen LogP contribution in [0, 0.1) is 11.8 Å². The van der Waals surface area contributed by atoms with E-state index in [4.69, 9.17) is 4.43 Å². The molecule has 3 rings (SSSR count). The number of hydrogen-bond acceptors (Lipinski definition) is 3. The lowest BCUT2D eigenvalue weighted by molar-refractivity contribution is -0.159. The van der Waals surface area contributed by atoms with Gasteiger partial charge in [0, 0.05) is 18.9 Å². The molecule has 1 saturated heterocycles. The van der Waals surface area contributed by atoms with Gasteiger partial charge in [-0.05, 0) is 50.0 Å².